The number of hydrogen-bond acceptors (Lipinski definition) is 7. The van der Waals surface area contributed by atoms with Crippen molar-refractivity contribution in [2.24, 2.45) is 0 Å². The number of aldehydes is 1. The fraction of sp³-hybridized carbons (Fsp3) is 0.559. The molecule has 1 N–H and O–H groups in total. The lowest BCUT2D eigenvalue weighted by Crippen LogP contribution is -2.49. The second kappa shape index (κ2) is 18.0. The molecule has 4 rings (SSSR count). The first-order chi connectivity index (χ1) is 21.0. The third-order valence-electron chi connectivity index (χ3n) is 6.68. The van der Waals surface area contributed by atoms with Crippen molar-refractivity contribution in [2.45, 2.75) is 73.1 Å². The van der Waals surface area contributed by atoms with Crippen LogP contribution in [0.15, 0.2) is 45.3 Å². The summed E-state index contributed by atoms with van der Waals surface area (Å²) < 4.78 is 12.7. The molecule has 250 valence electrons. The van der Waals surface area contributed by atoms with Gasteiger partial charge in [-0.15, -0.1) is 0 Å². The normalized spacial score (nSPS) is 15.6. The van der Waals surface area contributed by atoms with Gasteiger partial charge in [0.25, 0.3) is 0 Å². The van der Waals surface area contributed by atoms with E-state index < -0.39 is 5.60 Å². The predicted molar refractivity (Wildman–Crippen MR) is 187 cm³/mol. The van der Waals surface area contributed by atoms with Crippen LogP contribution < -0.4 is 5.32 Å². The Balaban J connectivity index is 0.000000259. The molecule has 9 nitrogen and oxygen atoms in total. The minimum Gasteiger partial charge on any atom is -0.444 e. The monoisotopic (exact) mass is 752 g/mol. The Morgan fingerprint density at radius 2 is 1.22 bits per heavy atom. The third-order valence-corrected chi connectivity index (χ3v) is 8.10. The van der Waals surface area contributed by atoms with Gasteiger partial charge in [-0.1, -0.05) is 56.1 Å². The quantitative estimate of drug-likeness (QED) is 0.332. The van der Waals surface area contributed by atoms with Crippen LogP contribution in [0.1, 0.15) is 68.6 Å². The summed E-state index contributed by atoms with van der Waals surface area (Å²) in [7, 11) is 0. The van der Waals surface area contributed by atoms with Crippen molar-refractivity contribution in [3.63, 3.8) is 0 Å². The van der Waals surface area contributed by atoms with Gasteiger partial charge in [0.05, 0.1) is 0 Å². The van der Waals surface area contributed by atoms with Gasteiger partial charge in [-0.25, -0.2) is 9.59 Å². The summed E-state index contributed by atoms with van der Waals surface area (Å²) in [6.45, 7) is 22.7. The zero-order valence-electron chi connectivity index (χ0n) is 28.0. The van der Waals surface area contributed by atoms with E-state index in [1.807, 2.05) is 60.6 Å². The topological polar surface area (TPSA) is 91.4 Å². The van der Waals surface area contributed by atoms with Gasteiger partial charge in [0.2, 0.25) is 0 Å². The van der Waals surface area contributed by atoms with E-state index in [0.29, 0.717) is 5.56 Å². The molecule has 0 saturated carbocycles. The number of nitrogens with zero attached hydrogens (tertiary/aromatic N) is 3. The lowest BCUT2D eigenvalue weighted by Gasteiger charge is -2.35. The molecular formula is C34H50Br2N4O5. The Labute approximate surface area is 286 Å². The fourth-order valence-corrected chi connectivity index (χ4v) is 5.54. The van der Waals surface area contributed by atoms with Crippen molar-refractivity contribution in [1.82, 2.24) is 20.0 Å². The van der Waals surface area contributed by atoms with Crippen molar-refractivity contribution < 1.29 is 23.9 Å². The summed E-state index contributed by atoms with van der Waals surface area (Å²) in [6, 6.07) is 12.1. The number of aryl methyl sites for hydroxylation is 2. The van der Waals surface area contributed by atoms with Gasteiger partial charge in [-0.05, 0) is 84.2 Å². The summed E-state index contributed by atoms with van der Waals surface area (Å²) >= 11 is 6.91. The molecule has 0 aromatic heterocycles. The zero-order chi connectivity index (χ0) is 33.8. The Hall–Kier alpha value is -2.47. The van der Waals surface area contributed by atoms with Crippen LogP contribution in [-0.4, -0.2) is 96.7 Å². The lowest BCUT2D eigenvalue weighted by molar-refractivity contribution is 0.0137. The maximum Gasteiger partial charge on any atom is 0.410 e. The smallest absolute Gasteiger partial charge is 0.410 e. The predicted octanol–water partition coefficient (Wildman–Crippen LogP) is 7.21. The van der Waals surface area contributed by atoms with Crippen LogP contribution in [0.3, 0.4) is 0 Å². The number of carbonyl (C=O) groups is 3. The van der Waals surface area contributed by atoms with Crippen molar-refractivity contribution in [1.29, 1.82) is 0 Å². The number of rotatable bonds is 3. The first-order valence-electron chi connectivity index (χ1n) is 15.3. The summed E-state index contributed by atoms with van der Waals surface area (Å²) in [4.78, 5) is 39.8. The molecule has 11 heteroatoms. The minimum atomic E-state index is -0.430. The molecule has 0 atom stereocenters. The average molecular weight is 755 g/mol. The molecule has 0 bridgehead atoms. The first kappa shape index (κ1) is 38.7. The number of hydrogen-bond donors (Lipinski definition) is 1. The van der Waals surface area contributed by atoms with E-state index in [0.717, 1.165) is 79.7 Å². The molecule has 2 aliphatic rings. The minimum absolute atomic E-state index is 0.200. The van der Waals surface area contributed by atoms with Gasteiger partial charge in [0.15, 0.2) is 6.29 Å². The van der Waals surface area contributed by atoms with Crippen molar-refractivity contribution in [3.8, 4) is 0 Å². The first-order valence-corrected chi connectivity index (χ1v) is 16.9. The number of benzene rings is 2. The van der Waals surface area contributed by atoms with Crippen LogP contribution in [0.4, 0.5) is 9.59 Å². The van der Waals surface area contributed by atoms with Crippen molar-refractivity contribution >= 4 is 50.3 Å². The highest BCUT2D eigenvalue weighted by Crippen LogP contribution is 2.21. The number of piperazine rings is 2. The number of nitrogens with one attached hydrogen (secondary N) is 1. The molecule has 2 heterocycles. The molecule has 0 unspecified atom stereocenters. The van der Waals surface area contributed by atoms with E-state index in [2.05, 4.69) is 67.2 Å². The Kier molecular flexibility index (Phi) is 15.5. The van der Waals surface area contributed by atoms with Crippen molar-refractivity contribution in [3.05, 3.63) is 67.6 Å². The maximum absolute atomic E-state index is 12.0. The van der Waals surface area contributed by atoms with E-state index in [4.69, 9.17) is 9.47 Å². The molecule has 2 fully saturated rings. The van der Waals surface area contributed by atoms with Gasteiger partial charge < -0.3 is 24.6 Å². The molecule has 2 aromatic rings. The average Bonchev–Trinajstić information content (AvgIpc) is 2.94. The molecule has 0 spiro atoms. The maximum atomic E-state index is 12.0. The number of ether oxygens (including phenoxy) is 2. The molecule has 2 aromatic carbocycles. The molecule has 2 saturated heterocycles. The van der Waals surface area contributed by atoms with Crippen LogP contribution in [0, 0.1) is 13.8 Å². The zero-order valence-corrected chi connectivity index (χ0v) is 31.2. The van der Waals surface area contributed by atoms with Gasteiger partial charge in [-0.3, -0.25) is 9.69 Å². The summed E-state index contributed by atoms with van der Waals surface area (Å²) in [5, 5.41) is 3.18. The third kappa shape index (κ3) is 15.1. The van der Waals surface area contributed by atoms with E-state index in [9.17, 15) is 14.4 Å². The van der Waals surface area contributed by atoms with Gasteiger partial charge in [0, 0.05) is 73.4 Å². The highest BCUT2D eigenvalue weighted by atomic mass is 79.9. The fourth-order valence-electron chi connectivity index (χ4n) is 4.34. The molecular weight excluding hydrogens is 704 g/mol. The summed E-state index contributed by atoms with van der Waals surface area (Å²) in [6.07, 6.45) is 0.432. The van der Waals surface area contributed by atoms with E-state index in [-0.39, 0.29) is 17.8 Å². The molecule has 2 aliphatic heterocycles. The Bertz CT molecular complexity index is 1260. The molecule has 0 radical (unpaired) electrons. The Morgan fingerprint density at radius 1 is 0.756 bits per heavy atom. The van der Waals surface area contributed by atoms with Crippen molar-refractivity contribution in [2.75, 3.05) is 52.4 Å². The molecule has 0 aliphatic carbocycles. The van der Waals surface area contributed by atoms with Gasteiger partial charge >= 0.3 is 12.2 Å². The SMILES string of the molecule is CC(C)(C)OC(=O)N1CCNCC1.Cc1ccc(C=O)c(Br)c1.Cc1ccc(CN2CCN(C(=O)OC(C)(C)C)CC2)c(Br)c1. The standard InChI is InChI=1S/C17H25BrN2O2.C9H18N2O2.C8H7BrO/c1-13-5-6-14(15(18)11-13)12-19-7-9-20(10-8-19)16(21)22-17(2,3)4;1-9(2,3)13-8(12)11-6-4-10-5-7-11;1-6-2-3-7(5-10)8(9)4-6/h5-6,11H,7-10,12H2,1-4H3;10H,4-7H2,1-3H3;2-5H,1H3. The van der Waals surface area contributed by atoms with Crippen LogP contribution in [0.5, 0.6) is 0 Å². The second-order valence-corrected chi connectivity index (χ2v) is 14.9. The largest absolute Gasteiger partial charge is 0.444 e. The summed E-state index contributed by atoms with van der Waals surface area (Å²) in [5.74, 6) is 0. The Morgan fingerprint density at radius 3 is 1.67 bits per heavy atom. The second-order valence-electron chi connectivity index (χ2n) is 13.2. The summed E-state index contributed by atoms with van der Waals surface area (Å²) in [5.41, 5.74) is 3.58. The van der Waals surface area contributed by atoms with Gasteiger partial charge in [-0.2, -0.15) is 0 Å². The molecule has 45 heavy (non-hydrogen) atoms. The van der Waals surface area contributed by atoms with Gasteiger partial charge in [0.1, 0.15) is 11.2 Å². The highest BCUT2D eigenvalue weighted by molar-refractivity contribution is 9.10. The molecule has 2 amide bonds. The highest BCUT2D eigenvalue weighted by Gasteiger charge is 2.26. The van der Waals surface area contributed by atoms with E-state index in [1.54, 1.807) is 15.9 Å². The van der Waals surface area contributed by atoms with E-state index >= 15 is 0 Å². The lowest BCUT2D eigenvalue weighted by atomic mass is 10.1. The van der Waals surface area contributed by atoms with Crippen LogP contribution in [-0.2, 0) is 16.0 Å². The number of amides is 2. The number of carbonyl (C=O) groups excluding carboxylic acids is 3. The number of halogens is 2. The van der Waals surface area contributed by atoms with Crippen LogP contribution >= 0.6 is 31.9 Å². The van der Waals surface area contributed by atoms with E-state index in [1.165, 1.54) is 11.1 Å². The van der Waals surface area contributed by atoms with Crippen LogP contribution in [0.25, 0.3) is 0 Å². The van der Waals surface area contributed by atoms with Crippen LogP contribution in [0.2, 0.25) is 0 Å².